The molecular formula is C18H26Cl2N4O3S. The third-order valence-corrected chi connectivity index (χ3v) is 7.80. The molecule has 1 saturated carbocycles. The highest BCUT2D eigenvalue weighted by molar-refractivity contribution is 7.92. The van der Waals surface area contributed by atoms with Crippen molar-refractivity contribution >= 4 is 57.3 Å². The molecule has 1 aromatic carbocycles. The van der Waals surface area contributed by atoms with E-state index in [-0.39, 0.29) is 37.7 Å². The summed E-state index contributed by atoms with van der Waals surface area (Å²) in [5.74, 6) is 1.06. The van der Waals surface area contributed by atoms with Gasteiger partial charge >= 0.3 is 0 Å². The molecule has 3 N–H and O–H groups in total. The van der Waals surface area contributed by atoms with E-state index in [2.05, 4.69) is 20.6 Å². The number of nitrogens with one attached hydrogen (secondary N) is 3. The smallest absolute Gasteiger partial charge is 0.245 e. The van der Waals surface area contributed by atoms with Crippen LogP contribution in [0.25, 0.3) is 11.0 Å². The van der Waals surface area contributed by atoms with Crippen molar-refractivity contribution in [1.29, 1.82) is 0 Å². The van der Waals surface area contributed by atoms with Crippen LogP contribution < -0.4 is 10.6 Å². The van der Waals surface area contributed by atoms with E-state index in [1.54, 1.807) is 6.07 Å². The van der Waals surface area contributed by atoms with Gasteiger partial charge in [-0.1, -0.05) is 6.42 Å². The third kappa shape index (κ3) is 4.01. The zero-order chi connectivity index (χ0) is 18.4. The number of piperidine rings is 1. The number of carbonyl (C=O) groups is 1. The predicted molar refractivity (Wildman–Crippen MR) is 115 cm³/mol. The van der Waals surface area contributed by atoms with Gasteiger partial charge in [-0.05, 0) is 57.0 Å². The van der Waals surface area contributed by atoms with Crippen LogP contribution in [0.2, 0.25) is 0 Å². The summed E-state index contributed by atoms with van der Waals surface area (Å²) in [6, 6.07) is 5.47. The van der Waals surface area contributed by atoms with Crippen molar-refractivity contribution < 1.29 is 13.2 Å². The molecular weight excluding hydrogens is 423 g/mol. The lowest BCUT2D eigenvalue weighted by Gasteiger charge is -2.34. The molecule has 1 aliphatic carbocycles. The predicted octanol–water partition coefficient (Wildman–Crippen LogP) is 2.78. The average Bonchev–Trinajstić information content (AvgIpc) is 2.95. The fourth-order valence-corrected chi connectivity index (χ4v) is 5.16. The van der Waals surface area contributed by atoms with Crippen molar-refractivity contribution in [3.05, 3.63) is 24.0 Å². The molecule has 0 atom stereocenters. The summed E-state index contributed by atoms with van der Waals surface area (Å²) in [5.41, 5.74) is 2.32. The SMILES string of the molecule is CS(=O)(=O)C1(C(=O)Nc2ccc3nc(C4CCC4)[nH]c3c2)CCNCC1.Cl.Cl. The summed E-state index contributed by atoms with van der Waals surface area (Å²) < 4.78 is 23.4. The Labute approximate surface area is 177 Å². The summed E-state index contributed by atoms with van der Waals surface area (Å²) in [4.78, 5) is 20.9. The Hall–Kier alpha value is -1.35. The Kier molecular flexibility index (Phi) is 7.02. The molecule has 4 rings (SSSR count). The van der Waals surface area contributed by atoms with Gasteiger partial charge < -0.3 is 15.6 Å². The van der Waals surface area contributed by atoms with Crippen molar-refractivity contribution in [1.82, 2.24) is 15.3 Å². The molecule has 2 aromatic rings. The minimum atomic E-state index is -3.52. The van der Waals surface area contributed by atoms with Crippen LogP contribution in [0.3, 0.4) is 0 Å². The maximum Gasteiger partial charge on any atom is 0.245 e. The number of imidazole rings is 1. The van der Waals surface area contributed by atoms with Gasteiger partial charge in [0.05, 0.1) is 11.0 Å². The van der Waals surface area contributed by atoms with Crippen molar-refractivity contribution in [3.63, 3.8) is 0 Å². The highest BCUT2D eigenvalue weighted by atomic mass is 35.5. The van der Waals surface area contributed by atoms with Gasteiger partial charge in [-0.2, -0.15) is 0 Å². The molecule has 28 heavy (non-hydrogen) atoms. The molecule has 156 valence electrons. The monoisotopic (exact) mass is 448 g/mol. The molecule has 10 heteroatoms. The van der Waals surface area contributed by atoms with Gasteiger partial charge in [0, 0.05) is 17.9 Å². The number of aromatic nitrogens is 2. The Morgan fingerprint density at radius 2 is 1.89 bits per heavy atom. The summed E-state index contributed by atoms with van der Waals surface area (Å²) >= 11 is 0. The molecule has 0 unspecified atom stereocenters. The van der Waals surface area contributed by atoms with Crippen molar-refractivity contribution in [3.8, 4) is 0 Å². The van der Waals surface area contributed by atoms with Crippen LogP contribution in [0.4, 0.5) is 5.69 Å². The van der Waals surface area contributed by atoms with E-state index in [1.807, 2.05) is 12.1 Å². The minimum absolute atomic E-state index is 0. The molecule has 1 aliphatic heterocycles. The number of benzene rings is 1. The summed E-state index contributed by atoms with van der Waals surface area (Å²) in [7, 11) is -3.52. The zero-order valence-electron chi connectivity index (χ0n) is 15.7. The molecule has 2 fully saturated rings. The molecule has 0 radical (unpaired) electrons. The average molecular weight is 449 g/mol. The van der Waals surface area contributed by atoms with Crippen LogP contribution in [0, 0.1) is 0 Å². The molecule has 1 aromatic heterocycles. The van der Waals surface area contributed by atoms with E-state index < -0.39 is 20.5 Å². The number of amides is 1. The van der Waals surface area contributed by atoms with Crippen molar-refractivity contribution in [2.75, 3.05) is 24.7 Å². The molecule has 2 aliphatic rings. The maximum absolute atomic E-state index is 12.9. The molecule has 7 nitrogen and oxygen atoms in total. The molecule has 0 bridgehead atoms. The van der Waals surface area contributed by atoms with Gasteiger partial charge in [-0.15, -0.1) is 24.8 Å². The minimum Gasteiger partial charge on any atom is -0.342 e. The van der Waals surface area contributed by atoms with E-state index in [4.69, 9.17) is 0 Å². The van der Waals surface area contributed by atoms with Gasteiger partial charge in [-0.3, -0.25) is 4.79 Å². The standard InChI is InChI=1S/C18H24N4O3S.2ClH/c1-26(24,25)18(7-9-19-10-8-18)17(23)20-13-5-6-14-15(11-13)22-16(21-14)12-3-2-4-12;;/h5-6,11-12,19H,2-4,7-10H2,1H3,(H,20,23)(H,21,22);2*1H. The number of anilines is 1. The van der Waals surface area contributed by atoms with E-state index in [1.165, 1.54) is 6.42 Å². The van der Waals surface area contributed by atoms with Gasteiger partial charge in [-0.25, -0.2) is 13.4 Å². The largest absolute Gasteiger partial charge is 0.342 e. The molecule has 0 spiro atoms. The van der Waals surface area contributed by atoms with Crippen LogP contribution in [-0.4, -0.2) is 48.4 Å². The van der Waals surface area contributed by atoms with Gasteiger partial charge in [0.1, 0.15) is 5.82 Å². The number of carbonyl (C=O) groups excluding carboxylic acids is 1. The number of sulfone groups is 1. The lowest BCUT2D eigenvalue weighted by Crippen LogP contribution is -2.55. The molecule has 1 saturated heterocycles. The first kappa shape index (κ1) is 22.9. The van der Waals surface area contributed by atoms with E-state index in [0.29, 0.717) is 24.7 Å². The Morgan fingerprint density at radius 3 is 2.46 bits per heavy atom. The fourth-order valence-electron chi connectivity index (χ4n) is 3.82. The van der Waals surface area contributed by atoms with Crippen LogP contribution in [0.5, 0.6) is 0 Å². The van der Waals surface area contributed by atoms with E-state index in [9.17, 15) is 13.2 Å². The normalized spacial score (nSPS) is 19.2. The number of H-pyrrole nitrogens is 1. The summed E-state index contributed by atoms with van der Waals surface area (Å²) in [6.45, 7) is 1.04. The zero-order valence-corrected chi connectivity index (χ0v) is 18.1. The number of hydrogen-bond donors (Lipinski definition) is 3. The van der Waals surface area contributed by atoms with E-state index in [0.717, 1.165) is 36.0 Å². The Morgan fingerprint density at radius 1 is 1.21 bits per heavy atom. The van der Waals surface area contributed by atoms with Crippen LogP contribution >= 0.6 is 24.8 Å². The maximum atomic E-state index is 12.9. The Bertz CT molecular complexity index is 951. The fraction of sp³-hybridized carbons (Fsp3) is 0.556. The first-order valence-electron chi connectivity index (χ1n) is 9.10. The van der Waals surface area contributed by atoms with E-state index >= 15 is 0 Å². The number of fused-ring (bicyclic) bond motifs is 1. The quantitative estimate of drug-likeness (QED) is 0.666. The van der Waals surface area contributed by atoms with Crippen molar-refractivity contribution in [2.45, 2.75) is 42.8 Å². The van der Waals surface area contributed by atoms with Crippen LogP contribution in [0.1, 0.15) is 43.8 Å². The first-order valence-corrected chi connectivity index (χ1v) is 11.0. The van der Waals surface area contributed by atoms with Crippen molar-refractivity contribution in [2.24, 2.45) is 0 Å². The first-order chi connectivity index (χ1) is 12.4. The molecule has 2 heterocycles. The number of nitrogens with zero attached hydrogens (tertiary/aromatic N) is 1. The molecule has 1 amide bonds. The van der Waals surface area contributed by atoms with Gasteiger partial charge in [0.25, 0.3) is 0 Å². The number of halogens is 2. The third-order valence-electron chi connectivity index (χ3n) is 5.78. The Balaban J connectivity index is 0.00000140. The summed E-state index contributed by atoms with van der Waals surface area (Å²) in [5, 5.41) is 5.95. The van der Waals surface area contributed by atoms with Gasteiger partial charge in [0.15, 0.2) is 14.6 Å². The lowest BCUT2D eigenvalue weighted by molar-refractivity contribution is -0.119. The van der Waals surface area contributed by atoms with Gasteiger partial charge in [0.2, 0.25) is 5.91 Å². The highest BCUT2D eigenvalue weighted by Crippen LogP contribution is 2.36. The second-order valence-corrected chi connectivity index (χ2v) is 9.78. The van der Waals surface area contributed by atoms with Crippen LogP contribution in [0.15, 0.2) is 18.2 Å². The highest BCUT2D eigenvalue weighted by Gasteiger charge is 2.48. The van der Waals surface area contributed by atoms with Crippen LogP contribution in [-0.2, 0) is 14.6 Å². The second-order valence-electron chi connectivity index (χ2n) is 7.45. The number of rotatable bonds is 4. The topological polar surface area (TPSA) is 104 Å². The lowest BCUT2D eigenvalue weighted by atomic mass is 9.85. The number of hydrogen-bond acceptors (Lipinski definition) is 5. The second kappa shape index (κ2) is 8.57. The summed E-state index contributed by atoms with van der Waals surface area (Å²) in [6.07, 6.45) is 5.29. The number of aromatic amines is 1.